The van der Waals surface area contributed by atoms with Crippen LogP contribution in [0.25, 0.3) is 0 Å². The lowest BCUT2D eigenvalue weighted by Gasteiger charge is -2.15. The number of rotatable bonds is 7. The Bertz CT molecular complexity index is 659. The summed E-state index contributed by atoms with van der Waals surface area (Å²) in [5.41, 5.74) is 2.22. The quantitative estimate of drug-likeness (QED) is 0.750. The second-order valence-electron chi connectivity index (χ2n) is 5.63. The van der Waals surface area contributed by atoms with Gasteiger partial charge in [-0.1, -0.05) is 24.3 Å². The Morgan fingerprint density at radius 3 is 2.58 bits per heavy atom. The van der Waals surface area contributed by atoms with E-state index >= 15 is 0 Å². The van der Waals surface area contributed by atoms with Crippen molar-refractivity contribution in [1.29, 1.82) is 0 Å². The third kappa shape index (κ3) is 5.81. The monoisotopic (exact) mass is 344 g/mol. The molecule has 2 amide bonds. The van der Waals surface area contributed by atoms with Crippen LogP contribution in [0.15, 0.2) is 53.4 Å². The molecule has 4 nitrogen and oxygen atoms in total. The predicted octanol–water partition coefficient (Wildman–Crippen LogP) is 3.85. The number of thioether (sulfide) groups is 1. The van der Waals surface area contributed by atoms with Crippen LogP contribution in [0, 0.1) is 0 Å². The summed E-state index contributed by atoms with van der Waals surface area (Å²) >= 11 is 1.71. The molecule has 0 aliphatic carbocycles. The molecule has 0 fully saturated rings. The molecule has 5 heteroatoms. The van der Waals surface area contributed by atoms with Crippen LogP contribution in [0.2, 0.25) is 0 Å². The van der Waals surface area contributed by atoms with E-state index in [1.54, 1.807) is 18.9 Å². The van der Waals surface area contributed by atoms with Gasteiger partial charge < -0.3 is 15.4 Å². The molecule has 0 bridgehead atoms. The van der Waals surface area contributed by atoms with Crippen LogP contribution < -0.4 is 15.4 Å². The first-order valence-corrected chi connectivity index (χ1v) is 9.13. The highest BCUT2D eigenvalue weighted by molar-refractivity contribution is 7.98. The van der Waals surface area contributed by atoms with Gasteiger partial charge in [0.2, 0.25) is 0 Å². The summed E-state index contributed by atoms with van der Waals surface area (Å²) in [6.07, 6.45) is 2.80. The number of methoxy groups -OCH3 is 1. The lowest BCUT2D eigenvalue weighted by molar-refractivity contribution is 0.237. The molecule has 0 saturated carbocycles. The maximum atomic E-state index is 12.0. The third-order valence-electron chi connectivity index (χ3n) is 3.67. The summed E-state index contributed by atoms with van der Waals surface area (Å²) in [7, 11) is 1.65. The molecule has 1 unspecified atom stereocenters. The highest BCUT2D eigenvalue weighted by Gasteiger charge is 2.08. The van der Waals surface area contributed by atoms with Gasteiger partial charge in [0.05, 0.1) is 7.11 Å². The van der Waals surface area contributed by atoms with E-state index in [2.05, 4.69) is 22.8 Å². The van der Waals surface area contributed by atoms with Crippen LogP contribution in [0.1, 0.15) is 18.1 Å². The Morgan fingerprint density at radius 2 is 1.92 bits per heavy atom. The van der Waals surface area contributed by atoms with E-state index in [0.29, 0.717) is 6.54 Å². The van der Waals surface area contributed by atoms with Crippen molar-refractivity contribution < 1.29 is 9.53 Å². The molecule has 128 valence electrons. The second kappa shape index (κ2) is 9.23. The first-order chi connectivity index (χ1) is 11.6. The van der Waals surface area contributed by atoms with Crippen LogP contribution >= 0.6 is 11.8 Å². The molecule has 0 heterocycles. The zero-order valence-electron chi connectivity index (χ0n) is 14.3. The van der Waals surface area contributed by atoms with Crippen LogP contribution in [-0.2, 0) is 13.0 Å². The number of ether oxygens (including phenoxy) is 1. The normalized spacial score (nSPS) is 11.6. The molecule has 0 spiro atoms. The lowest BCUT2D eigenvalue weighted by Crippen LogP contribution is -2.41. The van der Waals surface area contributed by atoms with Gasteiger partial charge in [-0.3, -0.25) is 0 Å². The highest BCUT2D eigenvalue weighted by atomic mass is 32.2. The first-order valence-electron chi connectivity index (χ1n) is 7.91. The van der Waals surface area contributed by atoms with Crippen LogP contribution in [0.3, 0.4) is 0 Å². The summed E-state index contributed by atoms with van der Waals surface area (Å²) < 4.78 is 5.22. The van der Waals surface area contributed by atoms with Gasteiger partial charge in [-0.15, -0.1) is 11.8 Å². The molecule has 1 atom stereocenters. The molecule has 0 saturated heterocycles. The van der Waals surface area contributed by atoms with Crippen molar-refractivity contribution >= 4 is 17.8 Å². The van der Waals surface area contributed by atoms with Gasteiger partial charge in [-0.05, 0) is 55.0 Å². The van der Waals surface area contributed by atoms with Gasteiger partial charge in [0.15, 0.2) is 0 Å². The van der Waals surface area contributed by atoms with Gasteiger partial charge in [-0.25, -0.2) is 4.79 Å². The van der Waals surface area contributed by atoms with E-state index in [4.69, 9.17) is 4.74 Å². The molecule has 0 aliphatic heterocycles. The number of benzene rings is 2. The Kier molecular flexibility index (Phi) is 7.00. The van der Waals surface area contributed by atoms with Gasteiger partial charge in [0.25, 0.3) is 0 Å². The number of amides is 2. The average molecular weight is 344 g/mol. The standard InChI is InChI=1S/C19H24N2O2S/c1-14(11-16-5-4-6-17(12-16)23-2)21-19(22)20-13-15-7-9-18(24-3)10-8-15/h4-10,12,14H,11,13H2,1-3H3,(H2,20,21,22). The van der Waals surface area contributed by atoms with Gasteiger partial charge in [-0.2, -0.15) is 0 Å². The molecule has 0 radical (unpaired) electrons. The Hall–Kier alpha value is -2.14. The zero-order valence-corrected chi connectivity index (χ0v) is 15.2. The molecular formula is C19H24N2O2S. The molecule has 2 rings (SSSR count). The molecule has 0 aromatic heterocycles. The number of nitrogens with one attached hydrogen (secondary N) is 2. The Balaban J connectivity index is 1.78. The van der Waals surface area contributed by atoms with Crippen molar-refractivity contribution in [3.8, 4) is 5.75 Å². The molecule has 2 aromatic carbocycles. The lowest BCUT2D eigenvalue weighted by atomic mass is 10.1. The van der Waals surface area contributed by atoms with E-state index in [0.717, 1.165) is 23.3 Å². The molecule has 24 heavy (non-hydrogen) atoms. The minimum Gasteiger partial charge on any atom is -0.497 e. The van der Waals surface area contributed by atoms with E-state index < -0.39 is 0 Å². The Morgan fingerprint density at radius 1 is 1.17 bits per heavy atom. The summed E-state index contributed by atoms with van der Waals surface area (Å²) in [6, 6.07) is 16.0. The molecule has 0 aliphatic rings. The smallest absolute Gasteiger partial charge is 0.315 e. The van der Waals surface area contributed by atoms with E-state index in [1.807, 2.05) is 49.6 Å². The minimum atomic E-state index is -0.153. The third-order valence-corrected chi connectivity index (χ3v) is 4.41. The first kappa shape index (κ1) is 18.2. The van der Waals surface area contributed by atoms with E-state index in [1.165, 1.54) is 4.90 Å². The fourth-order valence-electron chi connectivity index (χ4n) is 2.40. The van der Waals surface area contributed by atoms with Crippen molar-refractivity contribution in [3.63, 3.8) is 0 Å². The number of urea groups is 1. The predicted molar refractivity (Wildman–Crippen MR) is 99.8 cm³/mol. The average Bonchev–Trinajstić information content (AvgIpc) is 2.60. The summed E-state index contributed by atoms with van der Waals surface area (Å²) in [4.78, 5) is 13.2. The molecular weight excluding hydrogens is 320 g/mol. The number of carbonyl (C=O) groups excluding carboxylic acids is 1. The SMILES string of the molecule is COc1cccc(CC(C)NC(=O)NCc2ccc(SC)cc2)c1. The van der Waals surface area contributed by atoms with Crippen LogP contribution in [0.5, 0.6) is 5.75 Å². The maximum Gasteiger partial charge on any atom is 0.315 e. The van der Waals surface area contributed by atoms with Crippen molar-refractivity contribution in [1.82, 2.24) is 10.6 Å². The molecule has 2 N–H and O–H groups in total. The second-order valence-corrected chi connectivity index (χ2v) is 6.51. The minimum absolute atomic E-state index is 0.0379. The fraction of sp³-hybridized carbons (Fsp3) is 0.316. The van der Waals surface area contributed by atoms with Crippen molar-refractivity contribution in [2.45, 2.75) is 30.8 Å². The molecule has 2 aromatic rings. The van der Waals surface area contributed by atoms with Crippen molar-refractivity contribution in [2.75, 3.05) is 13.4 Å². The maximum absolute atomic E-state index is 12.0. The largest absolute Gasteiger partial charge is 0.497 e. The van der Waals surface area contributed by atoms with Gasteiger partial charge in [0, 0.05) is 17.5 Å². The van der Waals surface area contributed by atoms with E-state index in [-0.39, 0.29) is 12.1 Å². The number of hydrogen-bond donors (Lipinski definition) is 2. The number of carbonyl (C=O) groups is 1. The summed E-state index contributed by atoms with van der Waals surface area (Å²) in [5, 5.41) is 5.86. The highest BCUT2D eigenvalue weighted by Crippen LogP contribution is 2.15. The Labute approximate surface area is 148 Å². The van der Waals surface area contributed by atoms with Crippen LogP contribution in [0.4, 0.5) is 4.79 Å². The van der Waals surface area contributed by atoms with E-state index in [9.17, 15) is 4.79 Å². The fourth-order valence-corrected chi connectivity index (χ4v) is 2.81. The van der Waals surface area contributed by atoms with Crippen LogP contribution in [-0.4, -0.2) is 25.4 Å². The topological polar surface area (TPSA) is 50.4 Å². The zero-order chi connectivity index (χ0) is 17.4. The van der Waals surface area contributed by atoms with Crippen molar-refractivity contribution in [3.05, 3.63) is 59.7 Å². The van der Waals surface area contributed by atoms with Gasteiger partial charge in [0.1, 0.15) is 5.75 Å². The number of hydrogen-bond acceptors (Lipinski definition) is 3. The summed E-state index contributed by atoms with van der Waals surface area (Å²) in [6.45, 7) is 2.51. The summed E-state index contributed by atoms with van der Waals surface area (Å²) in [5.74, 6) is 0.831. The van der Waals surface area contributed by atoms with Crippen molar-refractivity contribution in [2.24, 2.45) is 0 Å². The van der Waals surface area contributed by atoms with Gasteiger partial charge >= 0.3 is 6.03 Å².